The number of nitrogens with zero attached hydrogens (tertiary/aromatic N) is 1. The maximum Gasteiger partial charge on any atom is 0.306 e. The van der Waals surface area contributed by atoms with Crippen molar-refractivity contribution >= 4 is 11.9 Å². The zero-order valence-corrected chi connectivity index (χ0v) is 32.7. The molecule has 4 aliphatic rings. The number of ether oxygens (including phenoxy) is 1. The van der Waals surface area contributed by atoms with E-state index in [1.807, 2.05) is 32.6 Å². The molecule has 4 rings (SSSR count). The van der Waals surface area contributed by atoms with Crippen molar-refractivity contribution in [3.05, 3.63) is 11.6 Å². The molecular weight excluding hydrogens is 594 g/mol. The van der Waals surface area contributed by atoms with Gasteiger partial charge in [-0.1, -0.05) is 65.5 Å². The van der Waals surface area contributed by atoms with Gasteiger partial charge < -0.3 is 21.1 Å². The van der Waals surface area contributed by atoms with E-state index in [0.717, 1.165) is 67.6 Å². The quantitative estimate of drug-likeness (QED) is 0.126. The highest BCUT2D eigenvalue weighted by molar-refractivity contribution is 5.81. The summed E-state index contributed by atoms with van der Waals surface area (Å²) in [5, 5.41) is 0. The second kappa shape index (κ2) is 15.9. The summed E-state index contributed by atoms with van der Waals surface area (Å²) in [5.74, 6) is 4.72. The van der Waals surface area contributed by atoms with Crippen LogP contribution in [-0.2, 0) is 14.3 Å². The minimum atomic E-state index is -0.351. The number of allylic oxidation sites excluding steroid dienone is 1. The molecule has 3 fully saturated rings. The predicted octanol–water partition coefficient (Wildman–Crippen LogP) is 9.19. The number of hydrogen-bond donors (Lipinski definition) is 2. The highest BCUT2D eigenvalue weighted by Gasteiger charge is 2.59. The fourth-order valence-electron chi connectivity index (χ4n) is 10.9. The zero-order chi connectivity index (χ0) is 35.5. The number of rotatable bonds is 16. The van der Waals surface area contributed by atoms with Crippen LogP contribution in [0.25, 0.3) is 0 Å². The van der Waals surface area contributed by atoms with Crippen LogP contribution < -0.4 is 11.5 Å². The van der Waals surface area contributed by atoms with Crippen LogP contribution in [0.15, 0.2) is 11.6 Å². The van der Waals surface area contributed by atoms with Gasteiger partial charge in [-0.05, 0) is 138 Å². The molecule has 0 unspecified atom stereocenters. The van der Waals surface area contributed by atoms with Crippen LogP contribution in [0.4, 0.5) is 0 Å². The Morgan fingerprint density at radius 2 is 1.60 bits per heavy atom. The zero-order valence-electron chi connectivity index (χ0n) is 32.7. The molecule has 48 heavy (non-hydrogen) atoms. The van der Waals surface area contributed by atoms with Gasteiger partial charge in [-0.15, -0.1) is 0 Å². The topological polar surface area (TPSA) is 98.7 Å². The second-order valence-corrected chi connectivity index (χ2v) is 19.4. The summed E-state index contributed by atoms with van der Waals surface area (Å²) < 4.78 is 6.08. The monoisotopic (exact) mass is 670 g/mol. The molecule has 0 saturated heterocycles. The third-order valence-corrected chi connectivity index (χ3v) is 13.7. The highest BCUT2D eigenvalue weighted by atomic mass is 16.5. The third-order valence-electron chi connectivity index (χ3n) is 13.7. The Hall–Kier alpha value is -1.40. The smallest absolute Gasteiger partial charge is 0.306 e. The molecular formula is C42H75N3O3. The molecule has 1 amide bonds. The van der Waals surface area contributed by atoms with Gasteiger partial charge in [-0.25, -0.2) is 0 Å². The molecule has 0 bridgehead atoms. The van der Waals surface area contributed by atoms with E-state index in [1.54, 1.807) is 5.57 Å². The number of carbonyl (C=O) groups is 2. The molecule has 6 nitrogen and oxygen atoms in total. The minimum Gasteiger partial charge on any atom is -0.462 e. The van der Waals surface area contributed by atoms with Crippen molar-refractivity contribution in [2.45, 2.75) is 182 Å². The molecule has 0 heterocycles. The van der Waals surface area contributed by atoms with Gasteiger partial charge in [0.1, 0.15) is 6.10 Å². The summed E-state index contributed by atoms with van der Waals surface area (Å²) in [7, 11) is 0. The molecule has 0 aromatic heterocycles. The fraction of sp³-hybridized carbons (Fsp3) is 0.905. The Labute approximate surface area is 295 Å². The third kappa shape index (κ3) is 9.89. The van der Waals surface area contributed by atoms with Crippen LogP contribution in [-0.4, -0.2) is 47.0 Å². The average molecular weight is 670 g/mol. The maximum absolute atomic E-state index is 13.2. The van der Waals surface area contributed by atoms with Crippen LogP contribution >= 0.6 is 0 Å². The molecule has 4 N–H and O–H groups in total. The Bertz CT molecular complexity index is 1120. The van der Waals surface area contributed by atoms with Crippen LogP contribution in [0.5, 0.6) is 0 Å². The molecule has 8 atom stereocenters. The van der Waals surface area contributed by atoms with Gasteiger partial charge in [-0.2, -0.15) is 0 Å². The van der Waals surface area contributed by atoms with E-state index in [0.29, 0.717) is 24.9 Å². The van der Waals surface area contributed by atoms with Crippen molar-refractivity contribution < 1.29 is 14.3 Å². The predicted molar refractivity (Wildman–Crippen MR) is 199 cm³/mol. The van der Waals surface area contributed by atoms with Crippen LogP contribution in [0.1, 0.15) is 165 Å². The van der Waals surface area contributed by atoms with Gasteiger partial charge in [0, 0.05) is 37.0 Å². The first-order chi connectivity index (χ1) is 22.3. The normalized spacial score (nSPS) is 32.6. The van der Waals surface area contributed by atoms with E-state index in [1.165, 1.54) is 51.4 Å². The first kappa shape index (κ1) is 39.4. The summed E-state index contributed by atoms with van der Waals surface area (Å²) >= 11 is 0. The van der Waals surface area contributed by atoms with Crippen molar-refractivity contribution in [1.82, 2.24) is 4.90 Å². The number of carbonyl (C=O) groups excluding carboxylic acids is 2. The molecule has 0 spiro atoms. The summed E-state index contributed by atoms with van der Waals surface area (Å²) in [5.41, 5.74) is 14.1. The Kier molecular flexibility index (Phi) is 13.0. The van der Waals surface area contributed by atoms with Gasteiger partial charge in [0.25, 0.3) is 0 Å². The number of fused-ring (bicyclic) bond motifs is 5. The Balaban J connectivity index is 1.30. The first-order valence-corrected chi connectivity index (χ1v) is 20.1. The molecule has 0 radical (unpaired) electrons. The van der Waals surface area contributed by atoms with E-state index >= 15 is 0 Å². The van der Waals surface area contributed by atoms with Gasteiger partial charge in [0.15, 0.2) is 0 Å². The molecule has 3 saturated carbocycles. The SMILES string of the molecule is CC(C)CCC[C@@H](C)[C@H]1CC[C@H]2[C@@H]3CC=C4C[C@@H](OC(=O)CCC(=O)N(CCCC(C)(C)N)CCC(C)(C)N)CC[C@]4(C)[C@H]3CC[C@]12C. The van der Waals surface area contributed by atoms with Crippen molar-refractivity contribution in [2.24, 2.45) is 57.8 Å². The van der Waals surface area contributed by atoms with E-state index in [9.17, 15) is 9.59 Å². The molecule has 6 heteroatoms. The van der Waals surface area contributed by atoms with Gasteiger partial charge in [0.05, 0.1) is 6.42 Å². The van der Waals surface area contributed by atoms with Gasteiger partial charge in [-0.3, -0.25) is 9.59 Å². The van der Waals surface area contributed by atoms with Gasteiger partial charge in [0.2, 0.25) is 5.91 Å². The number of hydrogen-bond acceptors (Lipinski definition) is 5. The van der Waals surface area contributed by atoms with E-state index in [-0.39, 0.29) is 47.3 Å². The minimum absolute atomic E-state index is 0.00618. The summed E-state index contributed by atoms with van der Waals surface area (Å²) in [6, 6.07) is 0. The maximum atomic E-state index is 13.2. The molecule has 0 aliphatic heterocycles. The molecule has 0 aromatic rings. The number of amides is 1. The van der Waals surface area contributed by atoms with Crippen molar-refractivity contribution in [1.29, 1.82) is 0 Å². The Morgan fingerprint density at radius 1 is 0.896 bits per heavy atom. The molecule has 4 aliphatic carbocycles. The number of nitrogens with two attached hydrogens (primary N) is 2. The van der Waals surface area contributed by atoms with Crippen LogP contribution in [0, 0.1) is 46.3 Å². The summed E-state index contributed by atoms with van der Waals surface area (Å²) in [6.45, 7) is 21.7. The average Bonchev–Trinajstić information content (AvgIpc) is 3.34. The second-order valence-electron chi connectivity index (χ2n) is 19.4. The molecule has 0 aromatic carbocycles. The highest BCUT2D eigenvalue weighted by Crippen LogP contribution is 2.67. The standard InChI is InChI=1S/C42H75N3O3/c1-29(2)12-10-13-30(3)34-16-17-35-33-15-14-31-28-32(20-23-41(31,8)36(33)21-24-42(34,35)9)48-38(47)19-18-37(46)45(27-25-40(6,7)44)26-11-22-39(4,5)43/h14,29-30,32-36H,10-13,15-28,43-44H2,1-9H3/t30-,32+,33+,34-,35+,36+,41+,42-/m1/s1. The van der Waals surface area contributed by atoms with E-state index < -0.39 is 0 Å². The van der Waals surface area contributed by atoms with Crippen LogP contribution in [0.3, 0.4) is 0 Å². The van der Waals surface area contributed by atoms with E-state index in [4.69, 9.17) is 16.2 Å². The first-order valence-electron chi connectivity index (χ1n) is 20.1. The van der Waals surface area contributed by atoms with Crippen LogP contribution in [0.2, 0.25) is 0 Å². The summed E-state index contributed by atoms with van der Waals surface area (Å²) in [6.07, 6.45) is 19.0. The lowest BCUT2D eigenvalue weighted by atomic mass is 9.47. The Morgan fingerprint density at radius 3 is 2.27 bits per heavy atom. The fourth-order valence-corrected chi connectivity index (χ4v) is 10.9. The lowest BCUT2D eigenvalue weighted by Gasteiger charge is -2.58. The lowest BCUT2D eigenvalue weighted by Crippen LogP contribution is -2.51. The van der Waals surface area contributed by atoms with Gasteiger partial charge >= 0.3 is 5.97 Å². The summed E-state index contributed by atoms with van der Waals surface area (Å²) in [4.78, 5) is 28.2. The van der Waals surface area contributed by atoms with E-state index in [2.05, 4.69) is 40.7 Å². The van der Waals surface area contributed by atoms with Crippen molar-refractivity contribution in [3.8, 4) is 0 Å². The van der Waals surface area contributed by atoms with Crippen molar-refractivity contribution in [2.75, 3.05) is 13.1 Å². The largest absolute Gasteiger partial charge is 0.462 e. The lowest BCUT2D eigenvalue weighted by molar-refractivity contribution is -0.153. The number of esters is 1. The van der Waals surface area contributed by atoms with Crippen molar-refractivity contribution in [3.63, 3.8) is 0 Å². The molecule has 276 valence electrons.